The number of aliphatic hydroxyl groups is 2. The number of allylic oxidation sites excluding steroid dienone is 4. The first-order chi connectivity index (χ1) is 8.70. The van der Waals surface area contributed by atoms with Crippen LogP contribution in [0, 0.1) is 5.92 Å². The first kappa shape index (κ1) is 12.8. The highest BCUT2D eigenvalue weighted by molar-refractivity contribution is 7.98. The van der Waals surface area contributed by atoms with E-state index in [1.54, 1.807) is 18.0 Å². The van der Waals surface area contributed by atoms with Crippen LogP contribution < -0.4 is 0 Å². The highest BCUT2D eigenvalue weighted by Gasteiger charge is 2.16. The molecule has 0 amide bonds. The van der Waals surface area contributed by atoms with E-state index in [1.165, 1.54) is 12.2 Å². The zero-order valence-electron chi connectivity index (χ0n) is 10.1. The second-order valence-corrected chi connectivity index (χ2v) is 4.86. The molecule has 0 saturated carbocycles. The second kappa shape index (κ2) is 5.78. The summed E-state index contributed by atoms with van der Waals surface area (Å²) in [4.78, 5) is 5.49. The van der Waals surface area contributed by atoms with Crippen LogP contribution in [0.25, 0.3) is 0 Å². The van der Waals surface area contributed by atoms with E-state index in [-0.39, 0.29) is 17.4 Å². The molecule has 4 heteroatoms. The molecule has 1 aromatic rings. The number of thioether (sulfide) groups is 1. The lowest BCUT2D eigenvalue weighted by molar-refractivity contribution is 0.321. The van der Waals surface area contributed by atoms with E-state index in [9.17, 15) is 10.2 Å². The fourth-order valence-corrected chi connectivity index (χ4v) is 2.28. The number of rotatable bonds is 3. The number of hydrogen-bond donors (Lipinski definition) is 2. The molecule has 94 valence electrons. The van der Waals surface area contributed by atoms with Gasteiger partial charge in [-0.15, -0.1) is 11.8 Å². The summed E-state index contributed by atoms with van der Waals surface area (Å²) < 4.78 is 0. The molecule has 0 spiro atoms. The van der Waals surface area contributed by atoms with Crippen LogP contribution in [0.2, 0.25) is 0 Å². The molecule has 1 aromatic carbocycles. The molecule has 0 heterocycles. The minimum absolute atomic E-state index is 0.234. The van der Waals surface area contributed by atoms with Crippen LogP contribution in [0.3, 0.4) is 0 Å². The summed E-state index contributed by atoms with van der Waals surface area (Å²) >= 11 is 1.63. The molecule has 2 N–H and O–H groups in total. The Kier molecular flexibility index (Phi) is 4.10. The van der Waals surface area contributed by atoms with Crippen LogP contribution in [0.1, 0.15) is 6.42 Å². The van der Waals surface area contributed by atoms with Gasteiger partial charge in [-0.1, -0.05) is 12.1 Å². The smallest absolute Gasteiger partial charge is 0.101 e. The van der Waals surface area contributed by atoms with Gasteiger partial charge in [-0.2, -0.15) is 0 Å². The van der Waals surface area contributed by atoms with Gasteiger partial charge in [0, 0.05) is 17.5 Å². The number of para-hydroxylation sites is 1. The molecule has 0 saturated heterocycles. The molecule has 1 aliphatic rings. The Hall–Kier alpha value is -1.68. The third-order valence-corrected chi connectivity index (χ3v) is 3.52. The largest absolute Gasteiger partial charge is 0.512 e. The number of aliphatic hydroxyl groups excluding tert-OH is 2. The van der Waals surface area contributed by atoms with Gasteiger partial charge in [0.05, 0.1) is 17.4 Å². The molecular formula is C14H15NO2S. The van der Waals surface area contributed by atoms with Gasteiger partial charge >= 0.3 is 0 Å². The summed E-state index contributed by atoms with van der Waals surface area (Å²) in [6.45, 7) is 0. The fraction of sp³-hybridized carbons (Fsp3) is 0.214. The van der Waals surface area contributed by atoms with Crippen molar-refractivity contribution in [2.75, 3.05) is 6.26 Å². The summed E-state index contributed by atoms with van der Waals surface area (Å²) in [7, 11) is 0. The maximum Gasteiger partial charge on any atom is 0.101 e. The van der Waals surface area contributed by atoms with E-state index < -0.39 is 0 Å². The summed E-state index contributed by atoms with van der Waals surface area (Å²) in [5.74, 6) is 0.255. The highest BCUT2D eigenvalue weighted by Crippen LogP contribution is 2.28. The van der Waals surface area contributed by atoms with Gasteiger partial charge in [0.2, 0.25) is 0 Å². The molecule has 0 aromatic heterocycles. The quantitative estimate of drug-likeness (QED) is 0.638. The molecule has 1 atom stereocenters. The molecule has 0 bridgehead atoms. The topological polar surface area (TPSA) is 52.8 Å². The fourth-order valence-electron chi connectivity index (χ4n) is 1.74. The van der Waals surface area contributed by atoms with Crippen molar-refractivity contribution in [3.8, 4) is 0 Å². The van der Waals surface area contributed by atoms with Crippen molar-refractivity contribution < 1.29 is 10.2 Å². The lowest BCUT2D eigenvalue weighted by Gasteiger charge is -2.14. The predicted molar refractivity (Wildman–Crippen MR) is 75.9 cm³/mol. The first-order valence-corrected chi connectivity index (χ1v) is 6.89. The Balaban J connectivity index is 2.16. The van der Waals surface area contributed by atoms with Gasteiger partial charge in [-0.05, 0) is 30.5 Å². The van der Waals surface area contributed by atoms with E-state index in [0.29, 0.717) is 6.42 Å². The summed E-state index contributed by atoms with van der Waals surface area (Å²) in [6, 6.07) is 7.84. The van der Waals surface area contributed by atoms with Crippen molar-refractivity contribution in [1.82, 2.24) is 0 Å². The van der Waals surface area contributed by atoms with Crippen LogP contribution >= 0.6 is 11.8 Å². The van der Waals surface area contributed by atoms with Gasteiger partial charge in [0.25, 0.3) is 0 Å². The SMILES string of the molecule is CSc1ccccc1/N=C/C1CC(O)=CC=C1O. The zero-order chi connectivity index (χ0) is 13.0. The Morgan fingerprint density at radius 1 is 1.28 bits per heavy atom. The summed E-state index contributed by atoms with van der Waals surface area (Å²) in [6.07, 6.45) is 7.10. The van der Waals surface area contributed by atoms with Crippen LogP contribution in [-0.4, -0.2) is 22.7 Å². The van der Waals surface area contributed by atoms with Crippen molar-refractivity contribution in [2.45, 2.75) is 11.3 Å². The Bertz CT molecular complexity index is 520. The highest BCUT2D eigenvalue weighted by atomic mass is 32.2. The van der Waals surface area contributed by atoms with Crippen LogP contribution in [0.5, 0.6) is 0 Å². The van der Waals surface area contributed by atoms with E-state index in [2.05, 4.69) is 4.99 Å². The molecular weight excluding hydrogens is 246 g/mol. The third-order valence-electron chi connectivity index (χ3n) is 2.73. The minimum atomic E-state index is -0.245. The van der Waals surface area contributed by atoms with E-state index in [4.69, 9.17) is 0 Å². The van der Waals surface area contributed by atoms with Gasteiger partial charge in [0.1, 0.15) is 5.76 Å². The molecule has 0 aliphatic heterocycles. The second-order valence-electron chi connectivity index (χ2n) is 4.01. The van der Waals surface area contributed by atoms with Crippen molar-refractivity contribution in [1.29, 1.82) is 0 Å². The normalized spacial score (nSPS) is 19.7. The number of nitrogens with zero attached hydrogens (tertiary/aromatic N) is 1. The lowest BCUT2D eigenvalue weighted by atomic mass is 9.98. The van der Waals surface area contributed by atoms with Gasteiger partial charge in [-0.25, -0.2) is 0 Å². The minimum Gasteiger partial charge on any atom is -0.512 e. The Morgan fingerprint density at radius 3 is 2.83 bits per heavy atom. The van der Waals surface area contributed by atoms with Crippen LogP contribution in [-0.2, 0) is 0 Å². The molecule has 1 aliphatic carbocycles. The third kappa shape index (κ3) is 2.96. The molecule has 3 nitrogen and oxygen atoms in total. The number of benzene rings is 1. The summed E-state index contributed by atoms with van der Waals surface area (Å²) in [5, 5.41) is 19.1. The monoisotopic (exact) mass is 261 g/mol. The van der Waals surface area contributed by atoms with Crippen molar-refractivity contribution in [3.05, 3.63) is 47.9 Å². The Morgan fingerprint density at radius 2 is 2.06 bits per heavy atom. The van der Waals surface area contributed by atoms with E-state index in [0.717, 1.165) is 10.6 Å². The van der Waals surface area contributed by atoms with Crippen molar-refractivity contribution in [2.24, 2.45) is 10.9 Å². The van der Waals surface area contributed by atoms with Gasteiger partial charge in [0.15, 0.2) is 0 Å². The van der Waals surface area contributed by atoms with Gasteiger partial charge < -0.3 is 10.2 Å². The number of hydrogen-bond acceptors (Lipinski definition) is 4. The number of aliphatic imine (C=N–C) groups is 1. The van der Waals surface area contributed by atoms with E-state index in [1.807, 2.05) is 30.5 Å². The van der Waals surface area contributed by atoms with Crippen LogP contribution in [0.15, 0.2) is 57.8 Å². The van der Waals surface area contributed by atoms with Gasteiger partial charge in [-0.3, -0.25) is 4.99 Å². The Labute approximate surface area is 111 Å². The van der Waals surface area contributed by atoms with Crippen LogP contribution in [0.4, 0.5) is 5.69 Å². The average molecular weight is 261 g/mol. The van der Waals surface area contributed by atoms with Crippen molar-refractivity contribution in [3.63, 3.8) is 0 Å². The van der Waals surface area contributed by atoms with Crippen molar-refractivity contribution >= 4 is 23.7 Å². The molecule has 0 fully saturated rings. The van der Waals surface area contributed by atoms with E-state index >= 15 is 0 Å². The molecule has 1 unspecified atom stereocenters. The first-order valence-electron chi connectivity index (χ1n) is 5.66. The standard InChI is InChI=1S/C14H15NO2S/c1-18-14-5-3-2-4-12(14)15-9-10-8-11(16)6-7-13(10)17/h2-7,9-10,16-17H,8H2,1H3/b15-9+. The maximum atomic E-state index is 9.70. The maximum absolute atomic E-state index is 9.70. The zero-order valence-corrected chi connectivity index (χ0v) is 10.9. The summed E-state index contributed by atoms with van der Waals surface area (Å²) in [5.41, 5.74) is 0.881. The lowest BCUT2D eigenvalue weighted by Crippen LogP contribution is -2.10. The predicted octanol–water partition coefficient (Wildman–Crippen LogP) is 4.01. The molecule has 2 rings (SSSR count). The molecule has 0 radical (unpaired) electrons. The molecule has 18 heavy (non-hydrogen) atoms. The average Bonchev–Trinajstić information content (AvgIpc) is 2.40.